The van der Waals surface area contributed by atoms with Gasteiger partial charge in [-0.25, -0.2) is 4.39 Å². The van der Waals surface area contributed by atoms with E-state index < -0.39 is 6.04 Å². The number of anilines is 1. The molecule has 1 heterocycles. The zero-order valence-electron chi connectivity index (χ0n) is 19.1. The molecule has 3 aromatic carbocycles. The highest BCUT2D eigenvalue weighted by atomic mass is 35.5. The Bertz CT molecular complexity index is 1140. The molecule has 33 heavy (non-hydrogen) atoms. The number of amides is 1. The van der Waals surface area contributed by atoms with Crippen molar-refractivity contribution in [2.75, 3.05) is 11.9 Å². The van der Waals surface area contributed by atoms with Gasteiger partial charge in [0.1, 0.15) is 23.4 Å². The van der Waals surface area contributed by atoms with Gasteiger partial charge in [-0.2, -0.15) is 0 Å². The molecule has 1 aliphatic rings. The highest BCUT2D eigenvalue weighted by Gasteiger charge is 2.35. The molecule has 4 rings (SSSR count). The van der Waals surface area contributed by atoms with Crippen LogP contribution < -0.4 is 10.1 Å². The van der Waals surface area contributed by atoms with Crippen LogP contribution in [0, 0.1) is 11.2 Å². The summed E-state index contributed by atoms with van der Waals surface area (Å²) in [6.45, 7) is 7.27. The van der Waals surface area contributed by atoms with Gasteiger partial charge in [0.2, 0.25) is 5.91 Å². The molecule has 0 unspecified atom stereocenters. The molecule has 172 valence electrons. The third kappa shape index (κ3) is 5.66. The summed E-state index contributed by atoms with van der Waals surface area (Å²) in [4.78, 5) is 15.4. The number of carbonyl (C=O) groups excluding carboxylic acids is 1. The van der Waals surface area contributed by atoms with Crippen molar-refractivity contribution in [3.8, 4) is 11.5 Å². The van der Waals surface area contributed by atoms with E-state index in [4.69, 9.17) is 16.3 Å². The first-order valence-electron chi connectivity index (χ1n) is 11.1. The standard InChI is InChI=1S/C27H28ClFN2O2/c1-27(2,3)25(30-22-10-8-21(29)9-11-22)26(32)31-14-13-18-15-24(12-7-19(18)17-31)33-23-6-4-5-20(28)16-23/h4-12,15-16,25,30H,13-14,17H2,1-3H3/t25-/m1/s1. The van der Waals surface area contributed by atoms with Crippen molar-refractivity contribution in [1.82, 2.24) is 4.90 Å². The predicted octanol–water partition coefficient (Wildman–Crippen LogP) is 6.68. The maximum atomic E-state index is 13.5. The Morgan fingerprint density at radius 1 is 1.03 bits per heavy atom. The van der Waals surface area contributed by atoms with Crippen molar-refractivity contribution in [3.63, 3.8) is 0 Å². The fourth-order valence-corrected chi connectivity index (χ4v) is 4.17. The minimum absolute atomic E-state index is 0.0386. The van der Waals surface area contributed by atoms with E-state index in [0.29, 0.717) is 23.9 Å². The number of carbonyl (C=O) groups is 1. The number of benzene rings is 3. The lowest BCUT2D eigenvalue weighted by Crippen LogP contribution is -2.50. The number of nitrogens with zero attached hydrogens (tertiary/aromatic N) is 1. The maximum Gasteiger partial charge on any atom is 0.245 e. The number of nitrogens with one attached hydrogen (secondary N) is 1. The molecule has 6 heteroatoms. The summed E-state index contributed by atoms with van der Waals surface area (Å²) in [5.41, 5.74) is 2.70. The second-order valence-electron chi connectivity index (χ2n) is 9.45. The van der Waals surface area contributed by atoms with Crippen molar-refractivity contribution < 1.29 is 13.9 Å². The van der Waals surface area contributed by atoms with E-state index in [9.17, 15) is 9.18 Å². The molecular formula is C27H28ClFN2O2. The molecule has 4 nitrogen and oxygen atoms in total. The van der Waals surface area contributed by atoms with Gasteiger partial charge in [0.25, 0.3) is 0 Å². The lowest BCUT2D eigenvalue weighted by Gasteiger charge is -2.37. The number of fused-ring (bicyclic) bond motifs is 1. The van der Waals surface area contributed by atoms with Gasteiger partial charge in [0.15, 0.2) is 0 Å². The molecule has 0 saturated carbocycles. The minimum Gasteiger partial charge on any atom is -0.457 e. The van der Waals surface area contributed by atoms with Gasteiger partial charge >= 0.3 is 0 Å². The van der Waals surface area contributed by atoms with Crippen LogP contribution in [0.3, 0.4) is 0 Å². The van der Waals surface area contributed by atoms with Crippen LogP contribution in [0.5, 0.6) is 11.5 Å². The Hall–Kier alpha value is -3.05. The smallest absolute Gasteiger partial charge is 0.245 e. The van der Waals surface area contributed by atoms with E-state index in [0.717, 1.165) is 23.4 Å². The van der Waals surface area contributed by atoms with Gasteiger partial charge in [-0.05, 0) is 77.6 Å². The summed E-state index contributed by atoms with van der Waals surface area (Å²) in [7, 11) is 0. The molecule has 1 aliphatic heterocycles. The van der Waals surface area contributed by atoms with Crippen LogP contribution in [0.25, 0.3) is 0 Å². The summed E-state index contributed by atoms with van der Waals surface area (Å²) < 4.78 is 19.3. The molecule has 1 N–H and O–H groups in total. The van der Waals surface area contributed by atoms with E-state index in [2.05, 4.69) is 5.32 Å². The molecule has 0 saturated heterocycles. The Labute approximate surface area is 199 Å². The Kier molecular flexibility index (Phi) is 6.61. The van der Waals surface area contributed by atoms with Crippen LogP contribution in [0.15, 0.2) is 66.7 Å². The van der Waals surface area contributed by atoms with E-state index in [1.165, 1.54) is 17.7 Å². The molecule has 1 atom stereocenters. The molecule has 0 bridgehead atoms. The summed E-state index contributed by atoms with van der Waals surface area (Å²) in [5.74, 6) is 1.18. The highest BCUT2D eigenvalue weighted by Crippen LogP contribution is 2.31. The maximum absolute atomic E-state index is 13.5. The number of hydrogen-bond donors (Lipinski definition) is 1. The number of halogens is 2. The van der Waals surface area contributed by atoms with Crippen molar-refractivity contribution >= 4 is 23.2 Å². The molecular weight excluding hydrogens is 439 g/mol. The summed E-state index contributed by atoms with van der Waals surface area (Å²) in [6.07, 6.45) is 0.751. The SMILES string of the molecule is CC(C)(C)[C@H](Nc1ccc(F)cc1)C(=O)N1CCc2cc(Oc3cccc(Cl)c3)ccc2C1. The molecule has 0 spiro atoms. The normalized spacial score (nSPS) is 14.4. The predicted molar refractivity (Wildman–Crippen MR) is 130 cm³/mol. The number of ether oxygens (including phenoxy) is 1. The molecule has 0 fully saturated rings. The number of hydrogen-bond acceptors (Lipinski definition) is 3. The van der Waals surface area contributed by atoms with Crippen LogP contribution in [0.1, 0.15) is 31.9 Å². The van der Waals surface area contributed by atoms with Gasteiger partial charge < -0.3 is 15.0 Å². The fourth-order valence-electron chi connectivity index (χ4n) is 3.99. The van der Waals surface area contributed by atoms with Crippen molar-refractivity contribution in [2.45, 2.75) is 39.8 Å². The van der Waals surface area contributed by atoms with Gasteiger partial charge in [-0.1, -0.05) is 44.5 Å². The largest absolute Gasteiger partial charge is 0.457 e. The highest BCUT2D eigenvalue weighted by molar-refractivity contribution is 6.30. The third-order valence-electron chi connectivity index (χ3n) is 5.80. The molecule has 0 aliphatic carbocycles. The Balaban J connectivity index is 1.48. The van der Waals surface area contributed by atoms with Gasteiger partial charge in [-0.3, -0.25) is 4.79 Å². The first-order valence-corrected chi connectivity index (χ1v) is 11.4. The van der Waals surface area contributed by atoms with Gasteiger partial charge in [-0.15, -0.1) is 0 Å². The summed E-state index contributed by atoms with van der Waals surface area (Å²) in [5, 5.41) is 3.95. The van der Waals surface area contributed by atoms with Gasteiger partial charge in [0.05, 0.1) is 0 Å². The van der Waals surface area contributed by atoms with E-state index in [-0.39, 0.29) is 17.1 Å². The fraction of sp³-hybridized carbons (Fsp3) is 0.296. The molecule has 0 radical (unpaired) electrons. The van der Waals surface area contributed by atoms with Crippen molar-refractivity contribution in [3.05, 3.63) is 88.7 Å². The average molecular weight is 467 g/mol. The lowest BCUT2D eigenvalue weighted by atomic mass is 9.85. The Morgan fingerprint density at radius 2 is 1.76 bits per heavy atom. The van der Waals surface area contributed by atoms with E-state index >= 15 is 0 Å². The van der Waals surface area contributed by atoms with Crippen LogP contribution in [0.4, 0.5) is 10.1 Å². The molecule has 0 aromatic heterocycles. The van der Waals surface area contributed by atoms with Crippen LogP contribution in [0.2, 0.25) is 5.02 Å². The quantitative estimate of drug-likeness (QED) is 0.455. The Morgan fingerprint density at radius 3 is 2.45 bits per heavy atom. The van der Waals surface area contributed by atoms with Crippen LogP contribution in [-0.4, -0.2) is 23.4 Å². The summed E-state index contributed by atoms with van der Waals surface area (Å²) >= 11 is 6.05. The monoisotopic (exact) mass is 466 g/mol. The van der Waals surface area contributed by atoms with E-state index in [1.807, 2.05) is 62.1 Å². The molecule has 3 aromatic rings. The minimum atomic E-state index is -0.435. The van der Waals surface area contributed by atoms with Gasteiger partial charge in [0, 0.05) is 23.8 Å². The van der Waals surface area contributed by atoms with Crippen molar-refractivity contribution in [2.24, 2.45) is 5.41 Å². The zero-order valence-corrected chi connectivity index (χ0v) is 19.8. The average Bonchev–Trinajstić information content (AvgIpc) is 2.77. The van der Waals surface area contributed by atoms with Crippen LogP contribution >= 0.6 is 11.6 Å². The first-order chi connectivity index (χ1) is 15.7. The first kappa shape index (κ1) is 23.1. The number of rotatable bonds is 5. The topological polar surface area (TPSA) is 41.6 Å². The molecule has 1 amide bonds. The summed E-state index contributed by atoms with van der Waals surface area (Å²) in [6, 6.07) is 19.0. The van der Waals surface area contributed by atoms with Crippen LogP contribution in [-0.2, 0) is 17.8 Å². The lowest BCUT2D eigenvalue weighted by molar-refractivity contribution is -0.135. The third-order valence-corrected chi connectivity index (χ3v) is 6.04. The zero-order chi connectivity index (χ0) is 23.6. The second kappa shape index (κ2) is 9.44. The van der Waals surface area contributed by atoms with E-state index in [1.54, 1.807) is 18.2 Å². The second-order valence-corrected chi connectivity index (χ2v) is 9.89. The van der Waals surface area contributed by atoms with Crippen molar-refractivity contribution in [1.29, 1.82) is 0 Å².